The molecule has 1 aromatic carbocycles. The van der Waals surface area contributed by atoms with Crippen molar-refractivity contribution in [2.45, 2.75) is 25.7 Å². The zero-order valence-corrected chi connectivity index (χ0v) is 10.8. The lowest BCUT2D eigenvalue weighted by Gasteiger charge is -2.31. The third-order valence-electron chi connectivity index (χ3n) is 3.45. The van der Waals surface area contributed by atoms with Crippen molar-refractivity contribution < 1.29 is 13.2 Å². The first kappa shape index (κ1) is 14.3. The molecule has 1 atom stereocenters. The molecule has 106 valence electrons. The van der Waals surface area contributed by atoms with Crippen LogP contribution in [-0.4, -0.2) is 30.8 Å². The smallest absolute Gasteiger partial charge is 0.316 e. The first-order valence-corrected chi connectivity index (χ1v) is 6.62. The molecule has 0 unspecified atom stereocenters. The summed E-state index contributed by atoms with van der Waals surface area (Å²) in [6.07, 6.45) is -2.44. The van der Waals surface area contributed by atoms with Gasteiger partial charge in [-0.1, -0.05) is 30.3 Å². The van der Waals surface area contributed by atoms with E-state index in [4.69, 9.17) is 0 Å². The molecule has 19 heavy (non-hydrogen) atoms. The Morgan fingerprint density at radius 2 is 1.95 bits per heavy atom. The number of benzene rings is 1. The van der Waals surface area contributed by atoms with Crippen LogP contribution in [0.4, 0.5) is 13.2 Å². The summed E-state index contributed by atoms with van der Waals surface area (Å²) >= 11 is 0. The largest absolute Gasteiger partial charge is 0.460 e. The van der Waals surface area contributed by atoms with Crippen molar-refractivity contribution in [3.8, 4) is 0 Å². The first-order valence-electron chi connectivity index (χ1n) is 6.62. The van der Waals surface area contributed by atoms with Crippen molar-refractivity contribution in [2.75, 3.05) is 19.6 Å². The highest BCUT2D eigenvalue weighted by molar-refractivity contribution is 5.14. The maximum Gasteiger partial charge on any atom is 0.460 e. The Labute approximate surface area is 111 Å². The van der Waals surface area contributed by atoms with Crippen LogP contribution in [0.2, 0.25) is 0 Å². The number of nitrogens with zero attached hydrogens (tertiary/aromatic N) is 1. The fraction of sp³-hybridized carbons (Fsp3) is 0.571. The van der Waals surface area contributed by atoms with E-state index in [0.29, 0.717) is 17.0 Å². The lowest BCUT2D eigenvalue weighted by molar-refractivity contribution is -0.252. The van der Waals surface area contributed by atoms with Crippen LogP contribution >= 0.6 is 0 Å². The second-order valence-corrected chi connectivity index (χ2v) is 5.05. The molecule has 0 saturated carbocycles. The highest BCUT2D eigenvalue weighted by atomic mass is 19.4. The number of piperidine rings is 1. The molecule has 1 saturated heterocycles. The van der Waals surface area contributed by atoms with Crippen molar-refractivity contribution in [3.63, 3.8) is 0 Å². The van der Waals surface area contributed by atoms with Gasteiger partial charge in [-0.25, -0.2) is 4.90 Å². The van der Waals surface area contributed by atoms with Crippen LogP contribution in [0.15, 0.2) is 30.3 Å². The molecule has 1 fully saturated rings. The fourth-order valence-corrected chi connectivity index (χ4v) is 2.45. The summed E-state index contributed by atoms with van der Waals surface area (Å²) in [4.78, 5) is 0.625. The van der Waals surface area contributed by atoms with Crippen molar-refractivity contribution in [1.29, 1.82) is 0 Å². The molecule has 1 heterocycles. The Morgan fingerprint density at radius 3 is 2.53 bits per heavy atom. The van der Waals surface area contributed by atoms with Gasteiger partial charge in [0.2, 0.25) is 0 Å². The Balaban J connectivity index is 1.99. The molecular formula is C14H19F3N2. The van der Waals surface area contributed by atoms with Crippen LogP contribution in [0.5, 0.6) is 0 Å². The number of halogens is 3. The molecule has 0 radical (unpaired) electrons. The molecule has 1 aliphatic heterocycles. The Hall–Kier alpha value is -1.07. The predicted octanol–water partition coefficient (Wildman–Crippen LogP) is 3.01. The predicted molar refractivity (Wildman–Crippen MR) is 68.5 cm³/mol. The summed E-state index contributed by atoms with van der Waals surface area (Å²) in [5, 5.41) is 3.16. The molecule has 1 aromatic rings. The number of rotatable bonds is 4. The average molecular weight is 272 g/mol. The third kappa shape index (κ3) is 4.51. The quantitative estimate of drug-likeness (QED) is 0.848. The summed E-state index contributed by atoms with van der Waals surface area (Å²) in [6, 6.07) is 8.82. The minimum Gasteiger partial charge on any atom is -0.316 e. The van der Waals surface area contributed by atoms with E-state index in [9.17, 15) is 13.2 Å². The number of hydrogen-bond donors (Lipinski definition) is 1. The van der Waals surface area contributed by atoms with Gasteiger partial charge in [-0.05, 0) is 37.4 Å². The Kier molecular flexibility index (Phi) is 4.82. The van der Waals surface area contributed by atoms with E-state index in [1.807, 2.05) is 6.07 Å². The first-order chi connectivity index (χ1) is 9.05. The number of alkyl halides is 3. The molecule has 0 amide bonds. The van der Waals surface area contributed by atoms with Gasteiger partial charge >= 0.3 is 6.30 Å². The van der Waals surface area contributed by atoms with Crippen LogP contribution in [0, 0.1) is 5.92 Å². The zero-order valence-electron chi connectivity index (χ0n) is 10.8. The van der Waals surface area contributed by atoms with E-state index in [1.165, 1.54) is 0 Å². The van der Waals surface area contributed by atoms with E-state index in [1.54, 1.807) is 24.3 Å². The van der Waals surface area contributed by atoms with Crippen molar-refractivity contribution in [2.24, 2.45) is 5.92 Å². The average Bonchev–Trinajstić information content (AvgIpc) is 2.39. The normalized spacial score (nSPS) is 20.7. The fourth-order valence-electron chi connectivity index (χ4n) is 2.45. The van der Waals surface area contributed by atoms with Gasteiger partial charge < -0.3 is 5.32 Å². The van der Waals surface area contributed by atoms with Gasteiger partial charge in [-0.3, -0.25) is 0 Å². The second-order valence-electron chi connectivity index (χ2n) is 5.05. The van der Waals surface area contributed by atoms with Gasteiger partial charge in [0.25, 0.3) is 0 Å². The summed E-state index contributed by atoms with van der Waals surface area (Å²) in [5.41, 5.74) is 0.698. The SMILES string of the molecule is FC(F)(F)N(Cc1ccccc1)C[C@H]1CCCNC1. The molecule has 2 nitrogen and oxygen atoms in total. The van der Waals surface area contributed by atoms with Gasteiger partial charge in [-0.15, -0.1) is 0 Å². The molecule has 2 rings (SSSR count). The number of hydrogen-bond acceptors (Lipinski definition) is 2. The maximum absolute atomic E-state index is 13.1. The van der Waals surface area contributed by atoms with Crippen molar-refractivity contribution in [3.05, 3.63) is 35.9 Å². The monoisotopic (exact) mass is 272 g/mol. The van der Waals surface area contributed by atoms with E-state index >= 15 is 0 Å². The van der Waals surface area contributed by atoms with E-state index < -0.39 is 6.30 Å². The topological polar surface area (TPSA) is 15.3 Å². The Bertz CT molecular complexity index is 372. The standard InChI is InChI=1S/C14H19F3N2/c15-14(16,17)19(10-12-5-2-1-3-6-12)11-13-7-4-8-18-9-13/h1-3,5-6,13,18H,4,7-11H2/t13-/m0/s1. The molecule has 0 bridgehead atoms. The second kappa shape index (κ2) is 6.39. The third-order valence-corrected chi connectivity index (χ3v) is 3.45. The maximum atomic E-state index is 13.1. The molecule has 0 aromatic heterocycles. The van der Waals surface area contributed by atoms with Crippen LogP contribution < -0.4 is 5.32 Å². The van der Waals surface area contributed by atoms with Gasteiger partial charge in [0.1, 0.15) is 0 Å². The van der Waals surface area contributed by atoms with E-state index in [-0.39, 0.29) is 19.0 Å². The van der Waals surface area contributed by atoms with Crippen LogP contribution in [0.3, 0.4) is 0 Å². The highest BCUT2D eigenvalue weighted by Gasteiger charge is 2.38. The van der Waals surface area contributed by atoms with Gasteiger partial charge in [0.15, 0.2) is 0 Å². The minimum atomic E-state index is -4.27. The summed E-state index contributed by atoms with van der Waals surface area (Å²) in [6.45, 7) is 1.61. The zero-order chi connectivity index (χ0) is 13.7. The molecule has 0 aliphatic carbocycles. The van der Waals surface area contributed by atoms with Gasteiger partial charge in [0.05, 0.1) is 0 Å². The minimum absolute atomic E-state index is 0.0686. The summed E-state index contributed by atoms with van der Waals surface area (Å²) in [7, 11) is 0. The van der Waals surface area contributed by atoms with Crippen molar-refractivity contribution in [1.82, 2.24) is 10.2 Å². The van der Waals surface area contributed by atoms with E-state index in [0.717, 1.165) is 19.4 Å². The van der Waals surface area contributed by atoms with Crippen LogP contribution in [0.25, 0.3) is 0 Å². The molecule has 5 heteroatoms. The van der Waals surface area contributed by atoms with Crippen LogP contribution in [0.1, 0.15) is 18.4 Å². The van der Waals surface area contributed by atoms with Gasteiger partial charge in [0, 0.05) is 13.1 Å². The highest BCUT2D eigenvalue weighted by Crippen LogP contribution is 2.26. The summed E-state index contributed by atoms with van der Waals surface area (Å²) < 4.78 is 39.2. The molecule has 1 N–H and O–H groups in total. The molecular weight excluding hydrogens is 253 g/mol. The van der Waals surface area contributed by atoms with Crippen molar-refractivity contribution >= 4 is 0 Å². The number of nitrogens with one attached hydrogen (secondary N) is 1. The molecule has 1 aliphatic rings. The molecule has 0 spiro atoms. The van der Waals surface area contributed by atoms with Crippen LogP contribution in [-0.2, 0) is 6.54 Å². The Morgan fingerprint density at radius 1 is 1.21 bits per heavy atom. The van der Waals surface area contributed by atoms with Gasteiger partial charge in [-0.2, -0.15) is 13.2 Å². The lowest BCUT2D eigenvalue weighted by atomic mass is 9.99. The summed E-state index contributed by atoms with van der Waals surface area (Å²) in [5.74, 6) is 0.0825. The lowest BCUT2D eigenvalue weighted by Crippen LogP contribution is -2.44. The van der Waals surface area contributed by atoms with E-state index in [2.05, 4.69) is 5.32 Å².